The molecule has 3 aromatic rings. The maximum atomic E-state index is 12.8. The van der Waals surface area contributed by atoms with Crippen LogP contribution < -0.4 is 10.1 Å². The molecule has 1 amide bonds. The van der Waals surface area contributed by atoms with Gasteiger partial charge in [-0.2, -0.15) is 13.2 Å². The lowest BCUT2D eigenvalue weighted by Gasteiger charge is -2.12. The zero-order chi connectivity index (χ0) is 24.9. The molecular formula is C23H17F3N2O6. The number of nitro benzene ring substituents is 1. The van der Waals surface area contributed by atoms with E-state index < -0.39 is 35.1 Å². The van der Waals surface area contributed by atoms with Crippen molar-refractivity contribution >= 4 is 23.3 Å². The zero-order valence-corrected chi connectivity index (χ0v) is 17.6. The van der Waals surface area contributed by atoms with Gasteiger partial charge in [-0.05, 0) is 35.4 Å². The molecule has 0 bridgehead atoms. The van der Waals surface area contributed by atoms with E-state index in [0.717, 1.165) is 18.2 Å². The summed E-state index contributed by atoms with van der Waals surface area (Å²) >= 11 is 0. The van der Waals surface area contributed by atoms with Gasteiger partial charge in [-0.1, -0.05) is 30.3 Å². The minimum absolute atomic E-state index is 0.0431. The molecule has 0 aliphatic rings. The number of esters is 1. The summed E-state index contributed by atoms with van der Waals surface area (Å²) in [6.07, 6.45) is -4.49. The molecule has 0 atom stereocenters. The Morgan fingerprint density at radius 3 is 2.32 bits per heavy atom. The number of carbonyl (C=O) groups is 2. The molecule has 0 saturated heterocycles. The summed E-state index contributed by atoms with van der Waals surface area (Å²) in [4.78, 5) is 35.1. The zero-order valence-electron chi connectivity index (χ0n) is 17.6. The SMILES string of the molecule is COc1cc([N+](=O)[O-])ccc1NC(=O)COC(=O)c1ccccc1-c1ccc(C(F)(F)F)cc1. The van der Waals surface area contributed by atoms with Crippen LogP contribution in [0, 0.1) is 10.1 Å². The molecule has 0 aliphatic heterocycles. The van der Waals surface area contributed by atoms with Crippen molar-refractivity contribution in [2.45, 2.75) is 6.18 Å². The lowest BCUT2D eigenvalue weighted by atomic mass is 9.98. The number of nitro groups is 1. The van der Waals surface area contributed by atoms with Gasteiger partial charge in [-0.25, -0.2) is 4.79 Å². The van der Waals surface area contributed by atoms with Gasteiger partial charge in [0.05, 0.1) is 34.9 Å². The summed E-state index contributed by atoms with van der Waals surface area (Å²) in [6.45, 7) is -0.680. The van der Waals surface area contributed by atoms with Crippen LogP contribution in [-0.2, 0) is 15.7 Å². The molecule has 0 heterocycles. The van der Waals surface area contributed by atoms with Crippen molar-refractivity contribution in [3.05, 3.63) is 88.0 Å². The minimum Gasteiger partial charge on any atom is -0.494 e. The van der Waals surface area contributed by atoms with Gasteiger partial charge in [0.25, 0.3) is 11.6 Å². The van der Waals surface area contributed by atoms with Gasteiger partial charge in [0, 0.05) is 6.07 Å². The first-order valence-corrected chi connectivity index (χ1v) is 9.66. The van der Waals surface area contributed by atoms with Crippen molar-refractivity contribution in [2.75, 3.05) is 19.0 Å². The lowest BCUT2D eigenvalue weighted by molar-refractivity contribution is -0.384. The van der Waals surface area contributed by atoms with Gasteiger partial charge < -0.3 is 14.8 Å². The summed E-state index contributed by atoms with van der Waals surface area (Å²) in [6, 6.07) is 14.0. The normalized spacial score (nSPS) is 10.9. The second-order valence-electron chi connectivity index (χ2n) is 6.89. The molecule has 1 N–H and O–H groups in total. The minimum atomic E-state index is -4.49. The molecule has 34 heavy (non-hydrogen) atoms. The van der Waals surface area contributed by atoms with Crippen molar-refractivity contribution < 1.29 is 37.2 Å². The third kappa shape index (κ3) is 5.68. The Bertz CT molecular complexity index is 1230. The van der Waals surface area contributed by atoms with E-state index in [1.807, 2.05) is 0 Å². The van der Waals surface area contributed by atoms with Gasteiger partial charge in [0.15, 0.2) is 6.61 Å². The van der Waals surface area contributed by atoms with E-state index in [1.54, 1.807) is 18.2 Å². The Labute approximate surface area is 191 Å². The average Bonchev–Trinajstić information content (AvgIpc) is 2.82. The van der Waals surface area contributed by atoms with Crippen LogP contribution in [0.4, 0.5) is 24.5 Å². The van der Waals surface area contributed by atoms with Crippen molar-refractivity contribution in [1.29, 1.82) is 0 Å². The number of rotatable bonds is 7. The van der Waals surface area contributed by atoms with Crippen LogP contribution in [0.2, 0.25) is 0 Å². The highest BCUT2D eigenvalue weighted by atomic mass is 19.4. The number of carbonyl (C=O) groups excluding carboxylic acids is 2. The highest BCUT2D eigenvalue weighted by molar-refractivity contribution is 6.00. The molecule has 0 radical (unpaired) electrons. The van der Waals surface area contributed by atoms with Gasteiger partial charge >= 0.3 is 12.1 Å². The number of alkyl halides is 3. The molecule has 0 fully saturated rings. The van der Waals surface area contributed by atoms with E-state index in [0.29, 0.717) is 11.1 Å². The first-order valence-electron chi connectivity index (χ1n) is 9.66. The van der Waals surface area contributed by atoms with E-state index in [1.165, 1.54) is 37.4 Å². The molecule has 3 aromatic carbocycles. The molecule has 0 aliphatic carbocycles. The fraction of sp³-hybridized carbons (Fsp3) is 0.130. The Morgan fingerprint density at radius 1 is 1.03 bits per heavy atom. The van der Waals surface area contributed by atoms with Crippen LogP contribution in [0.5, 0.6) is 5.75 Å². The average molecular weight is 474 g/mol. The topological polar surface area (TPSA) is 108 Å². The summed E-state index contributed by atoms with van der Waals surface area (Å²) in [5.74, 6) is -1.55. The highest BCUT2D eigenvalue weighted by Crippen LogP contribution is 2.32. The number of nitrogens with one attached hydrogen (secondary N) is 1. The first kappa shape index (κ1) is 24.2. The van der Waals surface area contributed by atoms with Crippen LogP contribution >= 0.6 is 0 Å². The van der Waals surface area contributed by atoms with Crippen LogP contribution in [-0.4, -0.2) is 30.5 Å². The smallest absolute Gasteiger partial charge is 0.416 e. The van der Waals surface area contributed by atoms with E-state index in [-0.39, 0.29) is 22.7 Å². The number of anilines is 1. The van der Waals surface area contributed by atoms with Gasteiger partial charge in [0.2, 0.25) is 0 Å². The van der Waals surface area contributed by atoms with Gasteiger partial charge in [-0.3, -0.25) is 14.9 Å². The third-order valence-electron chi connectivity index (χ3n) is 4.67. The summed E-state index contributed by atoms with van der Waals surface area (Å²) < 4.78 is 48.5. The molecule has 8 nitrogen and oxygen atoms in total. The van der Waals surface area contributed by atoms with Crippen LogP contribution in [0.15, 0.2) is 66.7 Å². The number of methoxy groups -OCH3 is 1. The molecule has 0 spiro atoms. The number of benzene rings is 3. The number of hydrogen-bond acceptors (Lipinski definition) is 6. The Balaban J connectivity index is 1.70. The van der Waals surface area contributed by atoms with E-state index >= 15 is 0 Å². The second-order valence-corrected chi connectivity index (χ2v) is 6.89. The quantitative estimate of drug-likeness (QED) is 0.291. The molecule has 176 valence electrons. The van der Waals surface area contributed by atoms with E-state index in [2.05, 4.69) is 5.32 Å². The maximum absolute atomic E-state index is 12.8. The molecule has 3 rings (SSSR count). The highest BCUT2D eigenvalue weighted by Gasteiger charge is 2.30. The third-order valence-corrected chi connectivity index (χ3v) is 4.67. The van der Waals surface area contributed by atoms with Gasteiger partial charge in [0.1, 0.15) is 5.75 Å². The monoisotopic (exact) mass is 474 g/mol. The number of nitrogens with zero attached hydrogens (tertiary/aromatic N) is 1. The first-order chi connectivity index (χ1) is 16.1. The molecule has 0 aromatic heterocycles. The number of non-ortho nitro benzene ring substituents is 1. The molecular weight excluding hydrogens is 457 g/mol. The van der Waals surface area contributed by atoms with Gasteiger partial charge in [-0.15, -0.1) is 0 Å². The predicted molar refractivity (Wildman–Crippen MR) is 115 cm³/mol. The summed E-state index contributed by atoms with van der Waals surface area (Å²) in [7, 11) is 1.27. The number of halogens is 3. The maximum Gasteiger partial charge on any atom is 0.416 e. The van der Waals surface area contributed by atoms with Crippen molar-refractivity contribution in [1.82, 2.24) is 0 Å². The van der Waals surface area contributed by atoms with Crippen LogP contribution in [0.1, 0.15) is 15.9 Å². The largest absolute Gasteiger partial charge is 0.494 e. The molecule has 0 unspecified atom stereocenters. The predicted octanol–water partition coefficient (Wildman–Crippen LogP) is 5.08. The van der Waals surface area contributed by atoms with Crippen molar-refractivity contribution in [3.63, 3.8) is 0 Å². The number of ether oxygens (including phenoxy) is 2. The van der Waals surface area contributed by atoms with E-state index in [9.17, 15) is 32.9 Å². The Morgan fingerprint density at radius 2 is 1.71 bits per heavy atom. The standard InChI is InChI=1S/C23H17F3N2O6/c1-33-20-12-16(28(31)32)10-11-19(20)27-21(29)13-34-22(30)18-5-3-2-4-17(18)14-6-8-15(9-7-14)23(24,25)26/h2-12H,13H2,1H3,(H,27,29). The Kier molecular flexibility index (Phi) is 7.15. The molecule has 0 saturated carbocycles. The lowest BCUT2D eigenvalue weighted by Crippen LogP contribution is -2.21. The van der Waals surface area contributed by atoms with Crippen molar-refractivity contribution in [2.24, 2.45) is 0 Å². The fourth-order valence-electron chi connectivity index (χ4n) is 3.04. The summed E-state index contributed by atoms with van der Waals surface area (Å²) in [5.41, 5.74) is -0.169. The Hall–Kier alpha value is -4.41. The van der Waals surface area contributed by atoms with Crippen LogP contribution in [0.3, 0.4) is 0 Å². The number of amides is 1. The summed E-state index contributed by atoms with van der Waals surface area (Å²) in [5, 5.41) is 13.3. The number of hydrogen-bond donors (Lipinski definition) is 1. The molecule has 11 heteroatoms. The van der Waals surface area contributed by atoms with Crippen molar-refractivity contribution in [3.8, 4) is 16.9 Å². The van der Waals surface area contributed by atoms with E-state index in [4.69, 9.17) is 9.47 Å². The second kappa shape index (κ2) is 10.0. The van der Waals surface area contributed by atoms with Crippen LogP contribution in [0.25, 0.3) is 11.1 Å². The fourth-order valence-corrected chi connectivity index (χ4v) is 3.04.